The zero-order chi connectivity index (χ0) is 16.7. The molecule has 1 aliphatic heterocycles. The van der Waals surface area contributed by atoms with E-state index in [0.717, 1.165) is 21.0 Å². The molecule has 0 aliphatic carbocycles. The van der Waals surface area contributed by atoms with Crippen LogP contribution in [-0.2, 0) is 0 Å². The summed E-state index contributed by atoms with van der Waals surface area (Å²) in [6.45, 7) is 0. The summed E-state index contributed by atoms with van der Waals surface area (Å²) in [5.41, 5.74) is 0.962. The number of anilines is 1. The molecule has 0 radical (unpaired) electrons. The third-order valence-corrected chi connectivity index (χ3v) is 5.10. The number of benzene rings is 2. The number of hydrogen-bond donors (Lipinski definition) is 0. The molecule has 3 aromatic rings. The highest BCUT2D eigenvalue weighted by Crippen LogP contribution is 2.44. The van der Waals surface area contributed by atoms with Crippen molar-refractivity contribution in [3.8, 4) is 0 Å². The zero-order valence-corrected chi connectivity index (χ0v) is 13.7. The van der Waals surface area contributed by atoms with E-state index in [4.69, 9.17) is 4.42 Å². The summed E-state index contributed by atoms with van der Waals surface area (Å²) < 4.78 is 5.24. The average Bonchev–Trinajstić information content (AvgIpc) is 2.90. The van der Waals surface area contributed by atoms with Gasteiger partial charge in [-0.05, 0) is 24.3 Å². The molecule has 4 rings (SSSR count). The standard InChI is InChI=1S/C19H13NO3S/c1-20-14-7-3-5-9-17(14)24-18(20)11-15(21)13-10-12-6-2-4-8-16(12)23-19(13)22/h2-11H,1H3. The minimum Gasteiger partial charge on any atom is -0.422 e. The zero-order valence-electron chi connectivity index (χ0n) is 12.9. The van der Waals surface area contributed by atoms with Gasteiger partial charge >= 0.3 is 5.63 Å². The molecule has 2 aromatic carbocycles. The molecule has 5 heteroatoms. The van der Waals surface area contributed by atoms with E-state index in [0.29, 0.717) is 5.58 Å². The highest BCUT2D eigenvalue weighted by Gasteiger charge is 2.23. The van der Waals surface area contributed by atoms with Gasteiger partial charge in [0.15, 0.2) is 5.78 Å². The summed E-state index contributed by atoms with van der Waals surface area (Å²) in [4.78, 5) is 27.7. The number of carbonyl (C=O) groups is 1. The van der Waals surface area contributed by atoms with Crippen LogP contribution in [0.4, 0.5) is 5.69 Å². The third-order valence-electron chi connectivity index (χ3n) is 3.93. The molecule has 118 valence electrons. The van der Waals surface area contributed by atoms with Crippen LogP contribution in [0.15, 0.2) is 79.8 Å². The molecule has 1 aliphatic rings. The number of allylic oxidation sites excluding steroid dienone is 1. The minimum absolute atomic E-state index is 0.0474. The van der Waals surface area contributed by atoms with Crippen molar-refractivity contribution in [2.24, 2.45) is 0 Å². The van der Waals surface area contributed by atoms with E-state index in [1.54, 1.807) is 18.2 Å². The van der Waals surface area contributed by atoms with Crippen LogP contribution >= 0.6 is 11.8 Å². The maximum atomic E-state index is 12.6. The minimum atomic E-state index is -0.612. The van der Waals surface area contributed by atoms with Gasteiger partial charge in [0.2, 0.25) is 0 Å². The second-order valence-electron chi connectivity index (χ2n) is 5.46. The number of carbonyl (C=O) groups excluding carboxylic acids is 1. The first-order chi connectivity index (χ1) is 11.6. The molecular weight excluding hydrogens is 322 g/mol. The lowest BCUT2D eigenvalue weighted by atomic mass is 10.1. The van der Waals surface area contributed by atoms with Crippen LogP contribution in [0.25, 0.3) is 11.0 Å². The van der Waals surface area contributed by atoms with Gasteiger partial charge in [-0.25, -0.2) is 4.79 Å². The Bertz CT molecular complexity index is 1050. The van der Waals surface area contributed by atoms with E-state index in [1.807, 2.05) is 48.3 Å². The predicted octanol–water partition coefficient (Wildman–Crippen LogP) is 4.06. The van der Waals surface area contributed by atoms with Gasteiger partial charge in [-0.15, -0.1) is 0 Å². The normalized spacial score (nSPS) is 15.0. The van der Waals surface area contributed by atoms with Gasteiger partial charge in [-0.1, -0.05) is 42.1 Å². The maximum Gasteiger partial charge on any atom is 0.347 e. The summed E-state index contributed by atoms with van der Waals surface area (Å²) in [7, 11) is 1.90. The van der Waals surface area contributed by atoms with Crippen LogP contribution in [0.3, 0.4) is 0 Å². The number of nitrogens with zero attached hydrogens (tertiary/aromatic N) is 1. The Morgan fingerprint density at radius 3 is 2.71 bits per heavy atom. The number of fused-ring (bicyclic) bond motifs is 2. The fourth-order valence-corrected chi connectivity index (χ4v) is 3.75. The van der Waals surface area contributed by atoms with Crippen LogP contribution in [0.2, 0.25) is 0 Å². The van der Waals surface area contributed by atoms with Gasteiger partial charge in [-0.3, -0.25) is 4.79 Å². The molecule has 0 atom stereocenters. The van der Waals surface area contributed by atoms with Gasteiger partial charge in [0.25, 0.3) is 0 Å². The lowest BCUT2D eigenvalue weighted by Gasteiger charge is -2.12. The molecule has 24 heavy (non-hydrogen) atoms. The maximum absolute atomic E-state index is 12.6. The Morgan fingerprint density at radius 1 is 1.12 bits per heavy atom. The first kappa shape index (κ1) is 14.8. The predicted molar refractivity (Wildman–Crippen MR) is 95.6 cm³/mol. The molecule has 0 saturated heterocycles. The van der Waals surface area contributed by atoms with Crippen molar-refractivity contribution >= 4 is 34.2 Å². The molecule has 0 saturated carbocycles. The Hall–Kier alpha value is -2.79. The van der Waals surface area contributed by atoms with Gasteiger partial charge in [0.1, 0.15) is 11.1 Å². The van der Waals surface area contributed by atoms with Crippen molar-refractivity contribution in [3.05, 3.63) is 81.7 Å². The highest BCUT2D eigenvalue weighted by molar-refractivity contribution is 8.03. The summed E-state index contributed by atoms with van der Waals surface area (Å²) in [5, 5.41) is 1.52. The summed E-state index contributed by atoms with van der Waals surface area (Å²) in [5.74, 6) is -0.350. The Labute approximate surface area is 142 Å². The van der Waals surface area contributed by atoms with Crippen LogP contribution in [-0.4, -0.2) is 12.8 Å². The van der Waals surface area contributed by atoms with Gasteiger partial charge in [0.05, 0.1) is 10.7 Å². The number of ketones is 1. The van der Waals surface area contributed by atoms with Gasteiger partial charge < -0.3 is 9.32 Å². The molecule has 1 aromatic heterocycles. The summed E-state index contributed by atoms with van der Waals surface area (Å²) >= 11 is 1.51. The third kappa shape index (κ3) is 2.43. The van der Waals surface area contributed by atoms with Crippen LogP contribution in [0.1, 0.15) is 10.4 Å². The topological polar surface area (TPSA) is 50.5 Å². The number of rotatable bonds is 2. The number of hydrogen-bond acceptors (Lipinski definition) is 5. The molecule has 0 unspecified atom stereocenters. The molecule has 0 N–H and O–H groups in total. The van der Waals surface area contributed by atoms with Crippen molar-refractivity contribution in [2.45, 2.75) is 4.90 Å². The SMILES string of the molecule is CN1C(=CC(=O)c2cc3ccccc3oc2=O)Sc2ccccc21. The molecule has 0 amide bonds. The lowest BCUT2D eigenvalue weighted by molar-refractivity contribution is 0.104. The first-order valence-corrected chi connectivity index (χ1v) is 8.25. The second-order valence-corrected chi connectivity index (χ2v) is 6.52. The van der Waals surface area contributed by atoms with E-state index >= 15 is 0 Å². The fraction of sp³-hybridized carbons (Fsp3) is 0.0526. The van der Waals surface area contributed by atoms with E-state index < -0.39 is 5.63 Å². The van der Waals surface area contributed by atoms with E-state index in [-0.39, 0.29) is 11.3 Å². The van der Waals surface area contributed by atoms with Gasteiger partial charge in [0, 0.05) is 23.4 Å². The summed E-state index contributed by atoms with van der Waals surface area (Å²) in [6.07, 6.45) is 1.49. The average molecular weight is 335 g/mol. The van der Waals surface area contributed by atoms with Gasteiger partial charge in [-0.2, -0.15) is 0 Å². The van der Waals surface area contributed by atoms with E-state index in [1.165, 1.54) is 17.8 Å². The quantitative estimate of drug-likeness (QED) is 0.401. The van der Waals surface area contributed by atoms with Crippen LogP contribution < -0.4 is 10.5 Å². The molecular formula is C19H13NO3S. The number of para-hydroxylation sites is 2. The van der Waals surface area contributed by atoms with Crippen molar-refractivity contribution in [1.82, 2.24) is 0 Å². The monoisotopic (exact) mass is 335 g/mol. The molecule has 0 bridgehead atoms. The number of thioether (sulfide) groups is 1. The molecule has 2 heterocycles. The molecule has 0 fully saturated rings. The second kappa shape index (κ2) is 5.69. The van der Waals surface area contributed by atoms with Crippen molar-refractivity contribution in [2.75, 3.05) is 11.9 Å². The summed E-state index contributed by atoms with van der Waals surface area (Å²) in [6, 6.07) is 16.7. The molecule has 4 nitrogen and oxygen atoms in total. The van der Waals surface area contributed by atoms with Crippen LogP contribution in [0.5, 0.6) is 0 Å². The van der Waals surface area contributed by atoms with Crippen molar-refractivity contribution < 1.29 is 9.21 Å². The Morgan fingerprint density at radius 2 is 1.88 bits per heavy atom. The first-order valence-electron chi connectivity index (χ1n) is 7.43. The Balaban J connectivity index is 1.73. The van der Waals surface area contributed by atoms with Crippen LogP contribution in [0, 0.1) is 0 Å². The largest absolute Gasteiger partial charge is 0.422 e. The van der Waals surface area contributed by atoms with E-state index in [9.17, 15) is 9.59 Å². The highest BCUT2D eigenvalue weighted by atomic mass is 32.2. The Kier molecular flexibility index (Phi) is 3.50. The van der Waals surface area contributed by atoms with Crippen molar-refractivity contribution in [1.29, 1.82) is 0 Å². The van der Waals surface area contributed by atoms with Crippen molar-refractivity contribution in [3.63, 3.8) is 0 Å². The van der Waals surface area contributed by atoms with E-state index in [2.05, 4.69) is 0 Å². The fourth-order valence-electron chi connectivity index (χ4n) is 2.67. The smallest absolute Gasteiger partial charge is 0.347 e. The lowest BCUT2D eigenvalue weighted by Crippen LogP contribution is -2.15. The molecule has 0 spiro atoms.